The van der Waals surface area contributed by atoms with E-state index in [0.29, 0.717) is 11.8 Å². The highest BCUT2D eigenvalue weighted by Gasteiger charge is 2.19. The van der Waals surface area contributed by atoms with E-state index in [2.05, 4.69) is 12.2 Å². The second kappa shape index (κ2) is 6.85. The molecule has 0 heterocycles. The Morgan fingerprint density at radius 3 is 2.68 bits per heavy atom. The van der Waals surface area contributed by atoms with Gasteiger partial charge < -0.3 is 11.1 Å². The molecule has 3 nitrogen and oxygen atoms in total. The fourth-order valence-corrected chi connectivity index (χ4v) is 3.21. The van der Waals surface area contributed by atoms with Crippen molar-refractivity contribution in [3.63, 3.8) is 0 Å². The number of carbonyl (C=O) groups excluding carboxylic acids is 1. The molecule has 0 atom stereocenters. The van der Waals surface area contributed by atoms with Gasteiger partial charge in [-0.2, -0.15) is 0 Å². The Balaban J connectivity index is 1.74. The van der Waals surface area contributed by atoms with Crippen LogP contribution in [0, 0.1) is 5.92 Å². The minimum Gasteiger partial charge on any atom is -0.398 e. The minimum absolute atomic E-state index is 0.118. The maximum absolute atomic E-state index is 11.9. The van der Waals surface area contributed by atoms with Gasteiger partial charge in [-0.05, 0) is 43.7 Å². The molecule has 1 aromatic carbocycles. The Morgan fingerprint density at radius 1 is 1.32 bits per heavy atom. The predicted octanol–water partition coefficient (Wildman–Crippen LogP) is 3.06. The van der Waals surface area contributed by atoms with Gasteiger partial charge in [0, 0.05) is 16.6 Å². The van der Waals surface area contributed by atoms with Crippen molar-refractivity contribution < 1.29 is 4.79 Å². The Hall–Kier alpha value is -1.16. The summed E-state index contributed by atoms with van der Waals surface area (Å²) in [6.45, 7) is 2.28. The number of anilines is 1. The Morgan fingerprint density at radius 2 is 2.00 bits per heavy atom. The molecular weight excluding hydrogens is 256 g/mol. The van der Waals surface area contributed by atoms with Crippen LogP contribution in [0.4, 0.5) is 5.69 Å². The zero-order valence-electron chi connectivity index (χ0n) is 11.4. The lowest BCUT2D eigenvalue weighted by Crippen LogP contribution is -2.38. The zero-order chi connectivity index (χ0) is 13.7. The van der Waals surface area contributed by atoms with Crippen LogP contribution in [0.2, 0.25) is 0 Å². The maximum Gasteiger partial charge on any atom is 0.230 e. The number of benzene rings is 1. The third-order valence-corrected chi connectivity index (χ3v) is 4.75. The van der Waals surface area contributed by atoms with Gasteiger partial charge in [-0.3, -0.25) is 4.79 Å². The molecule has 1 aliphatic rings. The molecule has 0 bridgehead atoms. The van der Waals surface area contributed by atoms with Gasteiger partial charge in [-0.15, -0.1) is 11.8 Å². The van der Waals surface area contributed by atoms with E-state index in [-0.39, 0.29) is 5.91 Å². The molecule has 4 heteroatoms. The zero-order valence-corrected chi connectivity index (χ0v) is 12.2. The van der Waals surface area contributed by atoms with Gasteiger partial charge in [0.2, 0.25) is 5.91 Å². The number of rotatable bonds is 4. The third kappa shape index (κ3) is 4.46. The molecule has 3 N–H and O–H groups in total. The number of carbonyl (C=O) groups is 1. The number of amides is 1. The summed E-state index contributed by atoms with van der Waals surface area (Å²) < 4.78 is 0. The van der Waals surface area contributed by atoms with E-state index in [9.17, 15) is 4.79 Å². The first-order valence-corrected chi connectivity index (χ1v) is 7.90. The Bertz CT molecular complexity index is 428. The second-order valence-electron chi connectivity index (χ2n) is 5.35. The highest BCUT2D eigenvalue weighted by molar-refractivity contribution is 8.00. The van der Waals surface area contributed by atoms with Crippen molar-refractivity contribution in [1.29, 1.82) is 0 Å². The van der Waals surface area contributed by atoms with E-state index < -0.39 is 0 Å². The van der Waals surface area contributed by atoms with Crippen molar-refractivity contribution in [2.24, 2.45) is 5.92 Å². The lowest BCUT2D eigenvalue weighted by atomic mass is 9.87. The third-order valence-electron chi connectivity index (χ3n) is 3.66. The lowest BCUT2D eigenvalue weighted by molar-refractivity contribution is -0.119. The van der Waals surface area contributed by atoms with Crippen molar-refractivity contribution in [2.75, 3.05) is 11.5 Å². The molecule has 1 amide bonds. The fraction of sp³-hybridized carbons (Fsp3) is 0.533. The monoisotopic (exact) mass is 278 g/mol. The number of para-hydroxylation sites is 1. The summed E-state index contributed by atoms with van der Waals surface area (Å²) in [5.74, 6) is 1.37. The highest BCUT2D eigenvalue weighted by atomic mass is 32.2. The summed E-state index contributed by atoms with van der Waals surface area (Å²) in [4.78, 5) is 12.9. The molecule has 104 valence electrons. The number of hydrogen-bond acceptors (Lipinski definition) is 3. The van der Waals surface area contributed by atoms with Crippen LogP contribution in [0.5, 0.6) is 0 Å². The highest BCUT2D eigenvalue weighted by Crippen LogP contribution is 2.25. The van der Waals surface area contributed by atoms with Gasteiger partial charge in [0.1, 0.15) is 0 Å². The molecule has 1 saturated carbocycles. The van der Waals surface area contributed by atoms with Gasteiger partial charge in [0.15, 0.2) is 0 Å². The van der Waals surface area contributed by atoms with Crippen LogP contribution in [0.25, 0.3) is 0 Å². The second-order valence-corrected chi connectivity index (χ2v) is 6.37. The summed E-state index contributed by atoms with van der Waals surface area (Å²) in [6, 6.07) is 8.04. The van der Waals surface area contributed by atoms with Crippen LogP contribution in [-0.4, -0.2) is 17.7 Å². The molecule has 0 spiro atoms. The molecule has 0 aromatic heterocycles. The van der Waals surface area contributed by atoms with Crippen LogP contribution in [0.3, 0.4) is 0 Å². The van der Waals surface area contributed by atoms with Gasteiger partial charge in [0.05, 0.1) is 5.75 Å². The normalized spacial score (nSPS) is 23.0. The first-order valence-electron chi connectivity index (χ1n) is 6.92. The molecule has 0 unspecified atom stereocenters. The van der Waals surface area contributed by atoms with Gasteiger partial charge in [-0.25, -0.2) is 0 Å². The van der Waals surface area contributed by atoms with E-state index in [0.717, 1.165) is 29.3 Å². The number of hydrogen-bond donors (Lipinski definition) is 2. The molecule has 1 fully saturated rings. The van der Waals surface area contributed by atoms with E-state index in [1.807, 2.05) is 24.3 Å². The van der Waals surface area contributed by atoms with Crippen molar-refractivity contribution >= 4 is 23.4 Å². The predicted molar refractivity (Wildman–Crippen MR) is 81.1 cm³/mol. The Labute approximate surface area is 119 Å². The largest absolute Gasteiger partial charge is 0.398 e. The van der Waals surface area contributed by atoms with Crippen molar-refractivity contribution in [1.82, 2.24) is 5.32 Å². The molecule has 0 saturated heterocycles. The van der Waals surface area contributed by atoms with Crippen molar-refractivity contribution in [3.8, 4) is 0 Å². The average molecular weight is 278 g/mol. The smallest absolute Gasteiger partial charge is 0.230 e. The number of thioether (sulfide) groups is 1. The van der Waals surface area contributed by atoms with Crippen LogP contribution in [-0.2, 0) is 4.79 Å². The first kappa shape index (κ1) is 14.3. The van der Waals surface area contributed by atoms with Crippen LogP contribution in [0.1, 0.15) is 32.6 Å². The maximum atomic E-state index is 11.9. The Kier molecular flexibility index (Phi) is 5.14. The first-order chi connectivity index (χ1) is 9.15. The van der Waals surface area contributed by atoms with Gasteiger partial charge in [-0.1, -0.05) is 19.1 Å². The standard InChI is InChI=1S/C15H22N2OS/c1-11-6-8-12(9-7-11)17-15(18)10-19-14-5-3-2-4-13(14)16/h2-5,11-12H,6-10,16H2,1H3,(H,17,18). The lowest BCUT2D eigenvalue weighted by Gasteiger charge is -2.26. The summed E-state index contributed by atoms with van der Waals surface area (Å²) in [5.41, 5.74) is 6.60. The number of nitrogens with one attached hydrogen (secondary N) is 1. The number of nitrogen functional groups attached to an aromatic ring is 1. The van der Waals surface area contributed by atoms with E-state index >= 15 is 0 Å². The molecule has 0 radical (unpaired) electrons. The average Bonchev–Trinajstić information content (AvgIpc) is 2.40. The summed E-state index contributed by atoms with van der Waals surface area (Å²) >= 11 is 1.51. The van der Waals surface area contributed by atoms with Crippen LogP contribution < -0.4 is 11.1 Å². The molecule has 0 aliphatic heterocycles. The summed E-state index contributed by atoms with van der Waals surface area (Å²) in [7, 11) is 0. The van der Waals surface area contributed by atoms with Crippen molar-refractivity contribution in [3.05, 3.63) is 24.3 Å². The van der Waals surface area contributed by atoms with Crippen LogP contribution in [0.15, 0.2) is 29.2 Å². The van der Waals surface area contributed by atoms with Gasteiger partial charge >= 0.3 is 0 Å². The fourth-order valence-electron chi connectivity index (χ4n) is 2.43. The summed E-state index contributed by atoms with van der Waals surface area (Å²) in [5, 5.41) is 3.13. The minimum atomic E-state index is 0.118. The van der Waals surface area contributed by atoms with Crippen LogP contribution >= 0.6 is 11.8 Å². The quantitative estimate of drug-likeness (QED) is 0.657. The number of nitrogens with two attached hydrogens (primary N) is 1. The molecule has 1 aliphatic carbocycles. The van der Waals surface area contributed by atoms with Crippen molar-refractivity contribution in [2.45, 2.75) is 43.5 Å². The molecular formula is C15H22N2OS. The van der Waals surface area contributed by atoms with E-state index in [1.165, 1.54) is 24.6 Å². The molecule has 19 heavy (non-hydrogen) atoms. The topological polar surface area (TPSA) is 55.1 Å². The van der Waals surface area contributed by atoms with Gasteiger partial charge in [0.25, 0.3) is 0 Å². The molecule has 2 rings (SSSR count). The molecule has 1 aromatic rings. The SMILES string of the molecule is CC1CCC(NC(=O)CSc2ccccc2N)CC1. The van der Waals surface area contributed by atoms with E-state index in [4.69, 9.17) is 5.73 Å². The summed E-state index contributed by atoms with van der Waals surface area (Å²) in [6.07, 6.45) is 4.68. The van der Waals surface area contributed by atoms with E-state index in [1.54, 1.807) is 0 Å².